The van der Waals surface area contributed by atoms with Crippen LogP contribution < -0.4 is 0 Å². The van der Waals surface area contributed by atoms with Crippen LogP contribution in [0.3, 0.4) is 0 Å². The molecule has 13 heavy (non-hydrogen) atoms. The molecule has 0 aliphatic heterocycles. The lowest BCUT2D eigenvalue weighted by molar-refractivity contribution is -0.159. The number of carbonyl (C=O) groups excluding carboxylic acids is 1. The second-order valence-electron chi connectivity index (χ2n) is 3.03. The van der Waals surface area contributed by atoms with Gasteiger partial charge in [-0.2, -0.15) is 0 Å². The summed E-state index contributed by atoms with van der Waals surface area (Å²) in [5, 5.41) is 44.6. The fourth-order valence-corrected chi connectivity index (χ4v) is 0.734. The van der Waals surface area contributed by atoms with E-state index in [1.807, 2.05) is 0 Å². The molecule has 0 aliphatic rings. The van der Waals surface area contributed by atoms with Gasteiger partial charge in [-0.15, -0.1) is 0 Å². The van der Waals surface area contributed by atoms with Crippen LogP contribution in [-0.4, -0.2) is 62.3 Å². The van der Waals surface area contributed by atoms with Crippen molar-refractivity contribution >= 4 is 6.29 Å². The maximum atomic E-state index is 10.2. The van der Waals surface area contributed by atoms with E-state index in [2.05, 4.69) is 0 Å². The molecule has 0 bridgehead atoms. The monoisotopic (exact) mass is 194 g/mol. The van der Waals surface area contributed by atoms with Crippen molar-refractivity contribution in [2.45, 2.75) is 30.8 Å². The van der Waals surface area contributed by atoms with E-state index in [1.165, 1.54) is 0 Å². The van der Waals surface area contributed by atoms with E-state index in [0.717, 1.165) is 6.92 Å². The van der Waals surface area contributed by atoms with Crippen molar-refractivity contribution in [1.82, 2.24) is 0 Å². The van der Waals surface area contributed by atoms with Crippen molar-refractivity contribution in [2.75, 3.05) is 6.61 Å². The molecule has 5 N–H and O–H groups in total. The fraction of sp³-hybridized carbons (Fsp3) is 0.857. The van der Waals surface area contributed by atoms with Gasteiger partial charge >= 0.3 is 0 Å². The van der Waals surface area contributed by atoms with Crippen molar-refractivity contribution in [3.8, 4) is 0 Å². The molecule has 0 aliphatic carbocycles. The third-order valence-corrected chi connectivity index (χ3v) is 1.74. The minimum Gasteiger partial charge on any atom is -0.394 e. The van der Waals surface area contributed by atoms with E-state index in [1.54, 1.807) is 0 Å². The van der Waals surface area contributed by atoms with E-state index >= 15 is 0 Å². The van der Waals surface area contributed by atoms with Crippen LogP contribution in [0.15, 0.2) is 0 Å². The summed E-state index contributed by atoms with van der Waals surface area (Å²) in [5.41, 5.74) is -2.14. The topological polar surface area (TPSA) is 118 Å². The number of aldehydes is 1. The van der Waals surface area contributed by atoms with Gasteiger partial charge in [-0.05, 0) is 6.92 Å². The standard InChI is InChI=1S/C7H14O6/c1-7(13,3-9)6(12)5(11)4(10)2-8/h3-6,8,10-13H,2H2,1H3/t4-,5+,6+,7-/m1/s1. The Morgan fingerprint density at radius 1 is 1.38 bits per heavy atom. The summed E-state index contributed by atoms with van der Waals surface area (Å²) in [7, 11) is 0. The summed E-state index contributed by atoms with van der Waals surface area (Å²) < 4.78 is 0. The molecule has 0 fully saturated rings. The van der Waals surface area contributed by atoms with Gasteiger partial charge in [-0.1, -0.05) is 0 Å². The molecule has 0 heterocycles. The van der Waals surface area contributed by atoms with Gasteiger partial charge in [0.15, 0.2) is 6.29 Å². The van der Waals surface area contributed by atoms with E-state index in [9.17, 15) is 4.79 Å². The smallest absolute Gasteiger partial charge is 0.154 e. The van der Waals surface area contributed by atoms with Gasteiger partial charge in [0.1, 0.15) is 23.9 Å². The normalized spacial score (nSPS) is 22.9. The first-order valence-electron chi connectivity index (χ1n) is 3.70. The van der Waals surface area contributed by atoms with Crippen LogP contribution >= 0.6 is 0 Å². The van der Waals surface area contributed by atoms with Gasteiger partial charge < -0.3 is 30.3 Å². The maximum absolute atomic E-state index is 10.2. The first kappa shape index (κ1) is 12.5. The molecular weight excluding hydrogens is 180 g/mol. The number of hydrogen-bond donors (Lipinski definition) is 5. The lowest BCUT2D eigenvalue weighted by Gasteiger charge is -2.29. The van der Waals surface area contributed by atoms with Crippen molar-refractivity contribution in [3.63, 3.8) is 0 Å². The molecular formula is C7H14O6. The van der Waals surface area contributed by atoms with Gasteiger partial charge in [0.25, 0.3) is 0 Å². The molecule has 0 spiro atoms. The lowest BCUT2D eigenvalue weighted by atomic mass is 9.93. The highest BCUT2D eigenvalue weighted by Crippen LogP contribution is 2.12. The average molecular weight is 194 g/mol. The maximum Gasteiger partial charge on any atom is 0.154 e. The summed E-state index contributed by atoms with van der Waals surface area (Å²) in [4.78, 5) is 10.2. The van der Waals surface area contributed by atoms with Crippen molar-refractivity contribution in [1.29, 1.82) is 0 Å². The Bertz CT molecular complexity index is 168. The predicted molar refractivity (Wildman–Crippen MR) is 41.8 cm³/mol. The molecule has 0 amide bonds. The van der Waals surface area contributed by atoms with Gasteiger partial charge in [0, 0.05) is 0 Å². The summed E-state index contributed by atoms with van der Waals surface area (Å²) in [6.45, 7) is 0.213. The van der Waals surface area contributed by atoms with Crippen LogP contribution in [0.4, 0.5) is 0 Å². The molecule has 0 unspecified atom stereocenters. The van der Waals surface area contributed by atoms with Crippen LogP contribution in [0.5, 0.6) is 0 Å². The number of hydrogen-bond acceptors (Lipinski definition) is 6. The number of aliphatic hydroxyl groups is 5. The summed E-state index contributed by atoms with van der Waals surface area (Å²) in [6, 6.07) is 0. The van der Waals surface area contributed by atoms with Crippen LogP contribution in [0.1, 0.15) is 6.92 Å². The number of rotatable bonds is 5. The number of aliphatic hydroxyl groups excluding tert-OH is 4. The van der Waals surface area contributed by atoms with E-state index < -0.39 is 30.5 Å². The van der Waals surface area contributed by atoms with E-state index in [0.29, 0.717) is 0 Å². The molecule has 6 heteroatoms. The Balaban J connectivity index is 4.40. The highest BCUT2D eigenvalue weighted by molar-refractivity contribution is 5.62. The molecule has 0 aromatic rings. The van der Waals surface area contributed by atoms with Gasteiger partial charge in [0.05, 0.1) is 6.61 Å². The zero-order valence-corrected chi connectivity index (χ0v) is 7.16. The van der Waals surface area contributed by atoms with Gasteiger partial charge in [-0.3, -0.25) is 0 Å². The summed E-state index contributed by atoms with van der Waals surface area (Å²) >= 11 is 0. The molecule has 0 aromatic heterocycles. The molecule has 0 saturated carbocycles. The van der Waals surface area contributed by atoms with E-state index in [4.69, 9.17) is 25.5 Å². The SMILES string of the molecule is C[C@@](O)(C=O)[C@@H](O)[C@@H](O)[C@H](O)CO. The summed E-state index contributed by atoms with van der Waals surface area (Å²) in [6.07, 6.45) is -5.16. The zero-order valence-electron chi connectivity index (χ0n) is 7.16. The molecule has 4 atom stereocenters. The van der Waals surface area contributed by atoms with Crippen LogP contribution in [-0.2, 0) is 4.79 Å². The van der Waals surface area contributed by atoms with Crippen LogP contribution in [0.25, 0.3) is 0 Å². The predicted octanol–water partition coefficient (Wildman–Crippen LogP) is -2.99. The minimum absolute atomic E-state index is 0.0466. The molecule has 0 radical (unpaired) electrons. The summed E-state index contributed by atoms with van der Waals surface area (Å²) in [5.74, 6) is 0. The molecule has 6 nitrogen and oxygen atoms in total. The third-order valence-electron chi connectivity index (χ3n) is 1.74. The molecule has 0 aromatic carbocycles. The Hall–Kier alpha value is -0.530. The Morgan fingerprint density at radius 3 is 2.15 bits per heavy atom. The zero-order chi connectivity index (χ0) is 10.6. The second-order valence-corrected chi connectivity index (χ2v) is 3.03. The Morgan fingerprint density at radius 2 is 1.85 bits per heavy atom. The first-order chi connectivity index (χ1) is 5.86. The Kier molecular flexibility index (Phi) is 4.45. The fourth-order valence-electron chi connectivity index (χ4n) is 0.734. The van der Waals surface area contributed by atoms with Gasteiger partial charge in [0.2, 0.25) is 0 Å². The third kappa shape index (κ3) is 3.02. The molecule has 78 valence electrons. The van der Waals surface area contributed by atoms with Crippen molar-refractivity contribution < 1.29 is 30.3 Å². The first-order valence-corrected chi connectivity index (χ1v) is 3.70. The quantitative estimate of drug-likeness (QED) is 0.298. The Labute approximate surface area is 75.1 Å². The second kappa shape index (κ2) is 4.64. The van der Waals surface area contributed by atoms with Gasteiger partial charge in [-0.25, -0.2) is 0 Å². The van der Waals surface area contributed by atoms with Crippen LogP contribution in [0, 0.1) is 0 Å². The van der Waals surface area contributed by atoms with E-state index in [-0.39, 0.29) is 6.29 Å². The average Bonchev–Trinajstić information content (AvgIpc) is 2.14. The minimum atomic E-state index is -2.14. The number of carbonyl (C=O) groups is 1. The van der Waals surface area contributed by atoms with Crippen molar-refractivity contribution in [2.24, 2.45) is 0 Å². The van der Waals surface area contributed by atoms with Crippen LogP contribution in [0.2, 0.25) is 0 Å². The largest absolute Gasteiger partial charge is 0.394 e. The molecule has 0 rings (SSSR count). The highest BCUT2D eigenvalue weighted by Gasteiger charge is 2.38. The van der Waals surface area contributed by atoms with Crippen molar-refractivity contribution in [3.05, 3.63) is 0 Å². The lowest BCUT2D eigenvalue weighted by Crippen LogP contribution is -2.53. The molecule has 0 saturated heterocycles. The highest BCUT2D eigenvalue weighted by atomic mass is 16.4.